The maximum absolute atomic E-state index is 5.69. The molecule has 0 amide bonds. The van der Waals surface area contributed by atoms with Gasteiger partial charge in [0.25, 0.3) is 0 Å². The Morgan fingerprint density at radius 3 is 1.67 bits per heavy atom. The van der Waals surface area contributed by atoms with Crippen molar-refractivity contribution in [2.75, 3.05) is 6.61 Å². The first-order chi connectivity index (χ1) is 23.6. The predicted molar refractivity (Wildman–Crippen MR) is 199 cm³/mol. The SMILES string of the molecule is CCCOc1ccc(N=Nc2ccc(N=Nc3ccc(Sc4ccc(-c5ccc(C6CCC(CC)CC6)cc5)cc4)cc3)cc2)c(C)c1. The Kier molecular flexibility index (Phi) is 11.5. The second-order valence-electron chi connectivity index (χ2n) is 12.6. The molecule has 48 heavy (non-hydrogen) atoms. The first-order valence-corrected chi connectivity index (χ1v) is 18.0. The third-order valence-electron chi connectivity index (χ3n) is 9.11. The van der Waals surface area contributed by atoms with Gasteiger partial charge in [0, 0.05) is 9.79 Å². The lowest BCUT2D eigenvalue weighted by atomic mass is 9.77. The molecule has 244 valence electrons. The molecule has 1 aliphatic rings. The van der Waals surface area contributed by atoms with Crippen LogP contribution in [0.1, 0.15) is 69.4 Å². The van der Waals surface area contributed by atoms with E-state index in [2.05, 4.69) is 95.0 Å². The predicted octanol–water partition coefficient (Wildman–Crippen LogP) is 14.1. The lowest BCUT2D eigenvalue weighted by molar-refractivity contribution is 0.317. The van der Waals surface area contributed by atoms with E-state index in [1.165, 1.54) is 53.7 Å². The Bertz CT molecular complexity index is 1810. The average molecular weight is 653 g/mol. The molecule has 0 atom stereocenters. The summed E-state index contributed by atoms with van der Waals surface area (Å²) >= 11 is 1.75. The molecule has 1 fully saturated rings. The summed E-state index contributed by atoms with van der Waals surface area (Å²) in [4.78, 5) is 2.37. The number of rotatable bonds is 12. The molecule has 0 unspecified atom stereocenters. The zero-order valence-electron chi connectivity index (χ0n) is 28.2. The van der Waals surface area contributed by atoms with Crippen molar-refractivity contribution in [1.82, 2.24) is 0 Å². The molecule has 6 heteroatoms. The van der Waals surface area contributed by atoms with Crippen LogP contribution in [0.5, 0.6) is 5.75 Å². The van der Waals surface area contributed by atoms with Crippen molar-refractivity contribution in [3.05, 3.63) is 126 Å². The largest absolute Gasteiger partial charge is 0.494 e. The van der Waals surface area contributed by atoms with Crippen molar-refractivity contribution in [2.24, 2.45) is 26.4 Å². The Morgan fingerprint density at radius 2 is 1.12 bits per heavy atom. The van der Waals surface area contributed by atoms with E-state index in [4.69, 9.17) is 4.74 Å². The minimum atomic E-state index is 0.708. The van der Waals surface area contributed by atoms with Crippen molar-refractivity contribution in [1.29, 1.82) is 0 Å². The van der Waals surface area contributed by atoms with Crippen LogP contribution in [0, 0.1) is 12.8 Å². The lowest BCUT2D eigenvalue weighted by Gasteiger charge is -2.28. The van der Waals surface area contributed by atoms with Gasteiger partial charge in [-0.05, 0) is 152 Å². The van der Waals surface area contributed by atoms with Gasteiger partial charge in [-0.3, -0.25) is 0 Å². The first-order valence-electron chi connectivity index (χ1n) is 17.2. The third-order valence-corrected chi connectivity index (χ3v) is 10.1. The molecule has 0 heterocycles. The van der Waals surface area contributed by atoms with Gasteiger partial charge in [0.05, 0.1) is 29.4 Å². The van der Waals surface area contributed by atoms with Crippen molar-refractivity contribution in [3.8, 4) is 16.9 Å². The van der Waals surface area contributed by atoms with E-state index in [1.54, 1.807) is 11.8 Å². The van der Waals surface area contributed by atoms with Gasteiger partial charge >= 0.3 is 0 Å². The highest BCUT2D eigenvalue weighted by molar-refractivity contribution is 7.99. The molecule has 5 aromatic rings. The van der Waals surface area contributed by atoms with Crippen LogP contribution in [0.15, 0.2) is 146 Å². The molecule has 0 spiro atoms. The fraction of sp³-hybridized carbons (Fsp3) is 0.286. The highest BCUT2D eigenvalue weighted by Crippen LogP contribution is 2.38. The van der Waals surface area contributed by atoms with Crippen LogP contribution in [0.2, 0.25) is 0 Å². The Balaban J connectivity index is 0.992. The smallest absolute Gasteiger partial charge is 0.119 e. The number of hydrogen-bond donors (Lipinski definition) is 0. The number of hydrogen-bond acceptors (Lipinski definition) is 6. The lowest BCUT2D eigenvalue weighted by Crippen LogP contribution is -2.12. The highest BCUT2D eigenvalue weighted by atomic mass is 32.2. The van der Waals surface area contributed by atoms with Crippen LogP contribution in [0.25, 0.3) is 11.1 Å². The van der Waals surface area contributed by atoms with Crippen molar-refractivity contribution in [2.45, 2.75) is 75.0 Å². The molecule has 5 aromatic carbocycles. The Morgan fingerprint density at radius 1 is 0.604 bits per heavy atom. The summed E-state index contributed by atoms with van der Waals surface area (Å²) in [5, 5.41) is 17.6. The fourth-order valence-corrected chi connectivity index (χ4v) is 6.96. The van der Waals surface area contributed by atoms with E-state index in [9.17, 15) is 0 Å². The summed E-state index contributed by atoms with van der Waals surface area (Å²) in [5.41, 5.74) is 8.21. The normalized spacial score (nSPS) is 16.5. The zero-order valence-corrected chi connectivity index (χ0v) is 29.0. The van der Waals surface area contributed by atoms with Crippen LogP contribution in [0.3, 0.4) is 0 Å². The summed E-state index contributed by atoms with van der Waals surface area (Å²) < 4.78 is 5.69. The molecule has 1 saturated carbocycles. The van der Waals surface area contributed by atoms with Gasteiger partial charge in [0.2, 0.25) is 0 Å². The zero-order chi connectivity index (χ0) is 33.1. The molecule has 0 radical (unpaired) electrons. The minimum absolute atomic E-state index is 0.708. The monoisotopic (exact) mass is 652 g/mol. The maximum atomic E-state index is 5.69. The van der Waals surface area contributed by atoms with Crippen molar-refractivity contribution in [3.63, 3.8) is 0 Å². The standard InChI is InChI=1S/C42H44N4OS/c1-4-28-47-39-22-27-42(30(3)29-39)46-45-37-18-16-36(17-19-37)43-44-38-20-25-41(26-21-38)48-40-23-14-35(15-24-40)34-12-10-33(11-13-34)32-8-6-31(5-2)7-9-32/h10-27,29,31-32H,4-9,28H2,1-3H3. The summed E-state index contributed by atoms with van der Waals surface area (Å²) in [7, 11) is 0. The second kappa shape index (κ2) is 16.5. The van der Waals surface area contributed by atoms with E-state index < -0.39 is 0 Å². The molecule has 0 aromatic heterocycles. The van der Waals surface area contributed by atoms with Gasteiger partial charge in [-0.2, -0.15) is 20.5 Å². The number of aryl methyl sites for hydroxylation is 1. The van der Waals surface area contributed by atoms with Crippen LogP contribution < -0.4 is 4.74 Å². The van der Waals surface area contributed by atoms with Gasteiger partial charge in [-0.25, -0.2) is 0 Å². The summed E-state index contributed by atoms with van der Waals surface area (Å²) in [6.07, 6.45) is 7.74. The van der Waals surface area contributed by atoms with Gasteiger partial charge < -0.3 is 4.74 Å². The van der Waals surface area contributed by atoms with Gasteiger partial charge in [0.1, 0.15) is 5.75 Å². The fourth-order valence-electron chi connectivity index (χ4n) is 6.15. The van der Waals surface area contributed by atoms with Crippen molar-refractivity contribution >= 4 is 34.5 Å². The van der Waals surface area contributed by atoms with Gasteiger partial charge in [-0.15, -0.1) is 0 Å². The molecule has 0 bridgehead atoms. The van der Waals surface area contributed by atoms with Gasteiger partial charge in [-0.1, -0.05) is 68.4 Å². The first kappa shape index (κ1) is 33.4. The van der Waals surface area contributed by atoms with E-state index in [-0.39, 0.29) is 0 Å². The van der Waals surface area contributed by atoms with E-state index in [1.807, 2.05) is 61.5 Å². The van der Waals surface area contributed by atoms with E-state index >= 15 is 0 Å². The minimum Gasteiger partial charge on any atom is -0.494 e. The number of benzene rings is 5. The van der Waals surface area contributed by atoms with Gasteiger partial charge in [0.15, 0.2) is 0 Å². The van der Waals surface area contributed by atoms with Crippen LogP contribution in [-0.2, 0) is 0 Å². The molecule has 6 rings (SSSR count). The molecular formula is C42H44N4OS. The topological polar surface area (TPSA) is 58.7 Å². The molecular weight excluding hydrogens is 609 g/mol. The van der Waals surface area contributed by atoms with Crippen molar-refractivity contribution < 1.29 is 4.74 Å². The van der Waals surface area contributed by atoms with Crippen LogP contribution >= 0.6 is 11.8 Å². The third kappa shape index (κ3) is 9.07. The molecule has 1 aliphatic carbocycles. The Labute approximate surface area is 289 Å². The van der Waals surface area contributed by atoms with E-state index in [0.29, 0.717) is 6.61 Å². The number of azo groups is 2. The quantitative estimate of drug-likeness (QED) is 0.126. The second-order valence-corrected chi connectivity index (χ2v) is 13.7. The summed E-state index contributed by atoms with van der Waals surface area (Å²) in [5.74, 6) is 2.53. The Hall–Kier alpha value is -4.55. The van der Waals surface area contributed by atoms with Crippen LogP contribution in [0.4, 0.5) is 22.7 Å². The number of nitrogens with zero attached hydrogens (tertiary/aromatic N) is 4. The maximum Gasteiger partial charge on any atom is 0.119 e. The molecule has 0 saturated heterocycles. The van der Waals surface area contributed by atoms with Crippen LogP contribution in [-0.4, -0.2) is 6.61 Å². The average Bonchev–Trinajstić information content (AvgIpc) is 3.14. The number of ether oxygens (including phenoxy) is 1. The highest BCUT2D eigenvalue weighted by Gasteiger charge is 2.21. The molecule has 0 aliphatic heterocycles. The summed E-state index contributed by atoms with van der Waals surface area (Å²) in [6, 6.07) is 39.8. The van der Waals surface area contributed by atoms with E-state index in [0.717, 1.165) is 57.2 Å². The molecule has 0 N–H and O–H groups in total. The molecule has 5 nitrogen and oxygen atoms in total. The summed E-state index contributed by atoms with van der Waals surface area (Å²) in [6.45, 7) is 7.14.